The van der Waals surface area contributed by atoms with Gasteiger partial charge in [-0.15, -0.1) is 0 Å². The second kappa shape index (κ2) is 7.07. The summed E-state index contributed by atoms with van der Waals surface area (Å²) in [4.78, 5) is 0. The molecule has 0 bridgehead atoms. The second-order valence-corrected chi connectivity index (χ2v) is 5.20. The standard InChI is InChI=1S/C16H25NO3/c1-5-20-15-10-14(16(15)19-4)17-11(2)12-7-6-8-13(9-12)18-3/h6-9,11,14-17H,5,10H2,1-4H3/t11-,14?,15?,16?/m0/s1. The Bertz CT molecular complexity index is 424. The Labute approximate surface area is 121 Å². The minimum absolute atomic E-state index is 0.142. The predicted octanol–water partition coefficient (Wildman–Crippen LogP) is 2.54. The van der Waals surface area contributed by atoms with Crippen LogP contribution in [0.15, 0.2) is 24.3 Å². The summed E-state index contributed by atoms with van der Waals surface area (Å²) in [5, 5.41) is 3.61. The van der Waals surface area contributed by atoms with Crippen molar-refractivity contribution in [1.29, 1.82) is 0 Å². The average Bonchev–Trinajstić information content (AvgIpc) is 2.46. The molecule has 3 unspecified atom stereocenters. The van der Waals surface area contributed by atoms with E-state index in [0.717, 1.165) is 18.8 Å². The van der Waals surface area contributed by atoms with Gasteiger partial charge in [-0.3, -0.25) is 0 Å². The van der Waals surface area contributed by atoms with Crippen molar-refractivity contribution in [3.05, 3.63) is 29.8 Å². The fraction of sp³-hybridized carbons (Fsp3) is 0.625. The molecule has 4 heteroatoms. The Morgan fingerprint density at radius 2 is 2.15 bits per heavy atom. The third-order valence-corrected chi connectivity index (χ3v) is 3.96. The third-order valence-electron chi connectivity index (χ3n) is 3.96. The van der Waals surface area contributed by atoms with Crippen LogP contribution in [-0.4, -0.2) is 39.1 Å². The molecule has 2 rings (SSSR count). The molecule has 1 aromatic carbocycles. The summed E-state index contributed by atoms with van der Waals surface area (Å²) in [5.41, 5.74) is 1.22. The molecule has 1 fully saturated rings. The van der Waals surface area contributed by atoms with Crippen molar-refractivity contribution in [3.63, 3.8) is 0 Å². The monoisotopic (exact) mass is 279 g/mol. The Morgan fingerprint density at radius 1 is 1.35 bits per heavy atom. The summed E-state index contributed by atoms with van der Waals surface area (Å²) in [6.07, 6.45) is 1.36. The molecule has 4 atom stereocenters. The van der Waals surface area contributed by atoms with Crippen LogP contribution in [0.4, 0.5) is 0 Å². The van der Waals surface area contributed by atoms with E-state index >= 15 is 0 Å². The number of ether oxygens (including phenoxy) is 3. The molecular weight excluding hydrogens is 254 g/mol. The molecule has 112 valence electrons. The largest absolute Gasteiger partial charge is 0.497 e. The van der Waals surface area contributed by atoms with Gasteiger partial charge in [0.05, 0.1) is 19.3 Å². The van der Waals surface area contributed by atoms with Crippen molar-refractivity contribution in [2.45, 2.75) is 44.6 Å². The van der Waals surface area contributed by atoms with E-state index in [-0.39, 0.29) is 18.2 Å². The normalized spacial score (nSPS) is 26.9. The highest BCUT2D eigenvalue weighted by Crippen LogP contribution is 2.29. The maximum absolute atomic E-state index is 5.65. The predicted molar refractivity (Wildman–Crippen MR) is 79.2 cm³/mol. The Balaban J connectivity index is 1.93. The molecular formula is C16H25NO3. The maximum Gasteiger partial charge on any atom is 0.119 e. The van der Waals surface area contributed by atoms with Crippen LogP contribution in [0.25, 0.3) is 0 Å². The van der Waals surface area contributed by atoms with Crippen LogP contribution in [-0.2, 0) is 9.47 Å². The van der Waals surface area contributed by atoms with Gasteiger partial charge >= 0.3 is 0 Å². The molecule has 20 heavy (non-hydrogen) atoms. The maximum atomic E-state index is 5.65. The lowest BCUT2D eigenvalue weighted by Gasteiger charge is -2.44. The molecule has 0 radical (unpaired) electrons. The van der Waals surface area contributed by atoms with Crippen molar-refractivity contribution in [2.24, 2.45) is 0 Å². The van der Waals surface area contributed by atoms with Crippen LogP contribution >= 0.6 is 0 Å². The molecule has 1 N–H and O–H groups in total. The first-order valence-electron chi connectivity index (χ1n) is 7.24. The summed E-state index contributed by atoms with van der Waals surface area (Å²) >= 11 is 0. The number of hydrogen-bond donors (Lipinski definition) is 1. The van der Waals surface area contributed by atoms with Crippen LogP contribution in [0.2, 0.25) is 0 Å². The summed E-state index contributed by atoms with van der Waals surface area (Å²) in [7, 11) is 3.44. The molecule has 1 saturated carbocycles. The fourth-order valence-electron chi connectivity index (χ4n) is 2.77. The van der Waals surface area contributed by atoms with Gasteiger partial charge in [0, 0.05) is 25.8 Å². The van der Waals surface area contributed by atoms with Crippen LogP contribution in [0.3, 0.4) is 0 Å². The van der Waals surface area contributed by atoms with Gasteiger partial charge in [-0.25, -0.2) is 0 Å². The summed E-state index contributed by atoms with van der Waals surface area (Å²) in [6, 6.07) is 8.76. The minimum Gasteiger partial charge on any atom is -0.497 e. The quantitative estimate of drug-likeness (QED) is 0.832. The van der Waals surface area contributed by atoms with Crippen LogP contribution in [0.5, 0.6) is 5.75 Å². The molecule has 0 saturated heterocycles. The molecule has 0 heterocycles. The zero-order valence-electron chi connectivity index (χ0n) is 12.8. The van der Waals surface area contributed by atoms with Crippen molar-refractivity contribution in [1.82, 2.24) is 5.32 Å². The number of hydrogen-bond acceptors (Lipinski definition) is 4. The van der Waals surface area contributed by atoms with E-state index in [4.69, 9.17) is 14.2 Å². The van der Waals surface area contributed by atoms with E-state index in [1.54, 1.807) is 14.2 Å². The number of benzene rings is 1. The Morgan fingerprint density at radius 3 is 2.80 bits per heavy atom. The lowest BCUT2D eigenvalue weighted by atomic mass is 9.84. The van der Waals surface area contributed by atoms with Gasteiger partial charge in [0.25, 0.3) is 0 Å². The van der Waals surface area contributed by atoms with Gasteiger partial charge in [-0.1, -0.05) is 12.1 Å². The molecule has 1 aliphatic rings. The lowest BCUT2D eigenvalue weighted by molar-refractivity contribution is -0.133. The van der Waals surface area contributed by atoms with E-state index in [0.29, 0.717) is 6.04 Å². The van der Waals surface area contributed by atoms with E-state index < -0.39 is 0 Å². The number of rotatable bonds is 7. The van der Waals surface area contributed by atoms with Crippen molar-refractivity contribution >= 4 is 0 Å². The zero-order chi connectivity index (χ0) is 14.5. The van der Waals surface area contributed by atoms with E-state index in [2.05, 4.69) is 24.4 Å². The molecule has 1 aromatic rings. The van der Waals surface area contributed by atoms with Crippen molar-refractivity contribution < 1.29 is 14.2 Å². The van der Waals surface area contributed by atoms with E-state index in [1.165, 1.54) is 5.56 Å². The van der Waals surface area contributed by atoms with Gasteiger partial charge in [0.15, 0.2) is 0 Å². The fourth-order valence-corrected chi connectivity index (χ4v) is 2.77. The summed E-state index contributed by atoms with van der Waals surface area (Å²) in [6.45, 7) is 4.92. The molecule has 1 aliphatic carbocycles. The highest BCUT2D eigenvalue weighted by atomic mass is 16.5. The molecule has 0 aromatic heterocycles. The van der Waals surface area contributed by atoms with Gasteiger partial charge in [-0.2, -0.15) is 0 Å². The van der Waals surface area contributed by atoms with Crippen LogP contribution < -0.4 is 10.1 Å². The Kier molecular flexibility index (Phi) is 5.40. The molecule has 0 aliphatic heterocycles. The van der Waals surface area contributed by atoms with E-state index in [1.807, 2.05) is 19.1 Å². The van der Waals surface area contributed by atoms with E-state index in [9.17, 15) is 0 Å². The Hall–Kier alpha value is -1.10. The topological polar surface area (TPSA) is 39.7 Å². The SMILES string of the molecule is CCOC1CC(N[C@@H](C)c2cccc(OC)c2)C1OC. The minimum atomic E-state index is 0.142. The van der Waals surface area contributed by atoms with Crippen LogP contribution in [0, 0.1) is 0 Å². The first-order chi connectivity index (χ1) is 9.69. The van der Waals surface area contributed by atoms with Gasteiger partial charge < -0.3 is 19.5 Å². The highest BCUT2D eigenvalue weighted by molar-refractivity contribution is 5.30. The third kappa shape index (κ3) is 3.32. The number of nitrogens with one attached hydrogen (secondary N) is 1. The lowest BCUT2D eigenvalue weighted by Crippen LogP contribution is -2.60. The molecule has 0 spiro atoms. The molecule has 0 amide bonds. The molecule has 4 nitrogen and oxygen atoms in total. The van der Waals surface area contributed by atoms with Gasteiger partial charge in [0.1, 0.15) is 5.75 Å². The average molecular weight is 279 g/mol. The van der Waals surface area contributed by atoms with Gasteiger partial charge in [0.2, 0.25) is 0 Å². The summed E-state index contributed by atoms with van der Waals surface area (Å²) in [5.74, 6) is 0.889. The highest BCUT2D eigenvalue weighted by Gasteiger charge is 2.42. The van der Waals surface area contributed by atoms with Crippen molar-refractivity contribution in [3.8, 4) is 5.75 Å². The van der Waals surface area contributed by atoms with Crippen molar-refractivity contribution in [2.75, 3.05) is 20.8 Å². The summed E-state index contributed by atoms with van der Waals surface area (Å²) < 4.78 is 16.5. The first-order valence-corrected chi connectivity index (χ1v) is 7.24. The van der Waals surface area contributed by atoms with Crippen LogP contribution in [0.1, 0.15) is 31.9 Å². The number of methoxy groups -OCH3 is 2. The zero-order valence-corrected chi connectivity index (χ0v) is 12.8. The van der Waals surface area contributed by atoms with Gasteiger partial charge in [-0.05, 0) is 38.0 Å². The smallest absolute Gasteiger partial charge is 0.119 e. The first kappa shape index (κ1) is 15.3. The second-order valence-electron chi connectivity index (χ2n) is 5.20.